The standard InChI is InChI=1S/C24H29N5O3.C20H27N3O4.C14H17N3O3.C6H11ClO.CH2O3.CH4.2Cs.H/c1-32-22-10-8-18(14-26-22)21(13-23(30)31)19-15-27-29(16-19)12-3-2-6-20-9-7-17-5-4-11-25-24(17)28-20;1-4-27-20(25)11-18(16-8-9-19(26-3)21-12-16)17-13-22-23(14-17)10-6-5-7-15(2)24;1-3-20-14(18)6-12(11-8-16-17-9-11)10-4-5-13(19-2)15-7-10;1-6(8)4-2-3-5-7;2-1-4-3;;;;/h7-10,14-16,21H,2-6,11-13H2,1H3,(H,25,28)(H,30,31);8-9,12-14,18H,4-7,10-11H2,1-3H3;4-5,7-9,12H,3,6H2,1-2H3,(H,16,17);2-5H2,1H3;1,3H;1H4;;;/q;;;;;;2*+1;-1/p-1. The van der Waals surface area contributed by atoms with Gasteiger partial charge in [-0.15, -0.1) is 11.6 Å². The molecule has 3 unspecified atom stereocenters. The summed E-state index contributed by atoms with van der Waals surface area (Å²) >= 11 is 5.37. The Morgan fingerprint density at radius 1 is 0.649 bits per heavy atom. The molecule has 3 N–H and O–H groups in total. The van der Waals surface area contributed by atoms with E-state index in [4.69, 9.17) is 50.3 Å². The molecule has 8 rings (SSSR count). The fraction of sp³-hybridized carbons (Fsp3) is 0.470. The number of hydrogen-bond donors (Lipinski definition) is 3. The van der Waals surface area contributed by atoms with Crippen LogP contribution in [0, 0.1) is 0 Å². The predicted molar refractivity (Wildman–Crippen MR) is 344 cm³/mol. The Morgan fingerprint density at radius 3 is 1.52 bits per heavy atom. The average Bonchev–Trinajstić information content (AvgIpc) is 1.91. The van der Waals surface area contributed by atoms with Crippen molar-refractivity contribution in [3.63, 3.8) is 0 Å². The fourth-order valence-corrected chi connectivity index (χ4v) is 9.60. The zero-order chi connectivity index (χ0) is 66.2. The van der Waals surface area contributed by atoms with Gasteiger partial charge in [-0.05, 0) is 130 Å². The number of nitrogens with one attached hydrogen (secondary N) is 2. The van der Waals surface area contributed by atoms with Crippen LogP contribution < -0.4 is 163 Å². The summed E-state index contributed by atoms with van der Waals surface area (Å²) in [6, 6.07) is 15.3. The summed E-state index contributed by atoms with van der Waals surface area (Å²) < 4.78 is 29.1. The van der Waals surface area contributed by atoms with Crippen molar-refractivity contribution in [1.29, 1.82) is 0 Å². The molecule has 1 aliphatic rings. The first-order chi connectivity index (χ1) is 44.1. The van der Waals surface area contributed by atoms with Crippen LogP contribution in [0.15, 0.2) is 104 Å². The molecule has 94 heavy (non-hydrogen) atoms. The number of unbranched alkanes of at least 4 members (excludes halogenated alkanes) is 3. The predicted octanol–water partition coefficient (Wildman–Crippen LogP) is 3.87. The zero-order valence-electron chi connectivity index (χ0n) is 55.9. The molecule has 0 aliphatic carbocycles. The average molecular weight is 1560 g/mol. The number of H-pyrrole nitrogens is 1. The molecule has 0 aromatic carbocycles. The molecule has 0 saturated carbocycles. The van der Waals surface area contributed by atoms with Gasteiger partial charge in [0.25, 0.3) is 6.47 Å². The summed E-state index contributed by atoms with van der Waals surface area (Å²) in [7, 11) is 4.68. The Morgan fingerprint density at radius 2 is 1.12 bits per heavy atom. The minimum atomic E-state index is -0.856. The maximum atomic E-state index is 12.1. The number of anilines is 1. The number of aromatic nitrogens is 10. The van der Waals surface area contributed by atoms with Gasteiger partial charge < -0.3 is 55.3 Å². The zero-order valence-corrected chi connectivity index (χ0v) is 68.2. The molecular weight excluding hydrogens is 1470 g/mol. The smallest absolute Gasteiger partial charge is 1.00 e. The second-order valence-electron chi connectivity index (χ2n) is 20.8. The fourth-order valence-electron chi connectivity index (χ4n) is 9.41. The molecule has 502 valence electrons. The maximum absolute atomic E-state index is 12.1. The number of aryl methyl sites for hydroxylation is 4. The molecule has 7 aromatic heterocycles. The molecule has 0 spiro atoms. The Labute approximate surface area is 675 Å². The number of Topliss-reactive ketones (excluding diaryl/α,β-unsaturated/α-hetero) is 2. The number of fused-ring (bicyclic) bond motifs is 1. The van der Waals surface area contributed by atoms with Gasteiger partial charge in [0, 0.05) is 117 Å². The van der Waals surface area contributed by atoms with E-state index in [2.05, 4.69) is 57.7 Å². The van der Waals surface area contributed by atoms with Gasteiger partial charge in [0.2, 0.25) is 17.6 Å². The molecular formula is C66H90ClCs2N11O14. The number of carbonyl (C=O) groups is 6. The van der Waals surface area contributed by atoms with Crippen LogP contribution in [0.1, 0.15) is 176 Å². The number of carboxylic acid groups (broad SMARTS) is 1. The molecule has 0 saturated heterocycles. The number of aliphatic carboxylic acids is 1. The van der Waals surface area contributed by atoms with Crippen LogP contribution in [0.4, 0.5) is 5.82 Å². The van der Waals surface area contributed by atoms with E-state index in [1.807, 2.05) is 40.0 Å². The molecule has 0 radical (unpaired) electrons. The first-order valence-corrected chi connectivity index (χ1v) is 30.7. The largest absolute Gasteiger partial charge is 1.00 e. The van der Waals surface area contributed by atoms with E-state index in [1.54, 1.807) is 111 Å². The quantitative estimate of drug-likeness (QED) is 0.0134. The minimum Gasteiger partial charge on any atom is -1.00 e. The van der Waals surface area contributed by atoms with Crippen molar-refractivity contribution in [2.24, 2.45) is 0 Å². The summed E-state index contributed by atoms with van der Waals surface area (Å²) in [5.41, 5.74) is 7.81. The molecule has 3 atom stereocenters. The van der Waals surface area contributed by atoms with Gasteiger partial charge in [-0.3, -0.25) is 33.6 Å². The van der Waals surface area contributed by atoms with Crippen LogP contribution >= 0.6 is 11.6 Å². The first kappa shape index (κ1) is 87.0. The van der Waals surface area contributed by atoms with Crippen LogP contribution in [-0.2, 0) is 69.1 Å². The number of halogens is 1. The van der Waals surface area contributed by atoms with E-state index in [1.165, 1.54) is 12.0 Å². The van der Waals surface area contributed by atoms with E-state index in [0.717, 1.165) is 116 Å². The SMILES string of the molecule is C.CC(=O)CCCCCl.CCOC(=O)CC(c1ccc(OC)nc1)c1cn[nH]c1.CCOC(=O)CC(c1ccc(OC)nc1)c1cnn(CCCCC(C)=O)c1.COc1ccc(C(CC(=O)O)c2cnn(CCCCc3ccc4c(n3)NCCC4)c2)cn1.O=CO[O-].[Cs+].[Cs+].[H-]. The van der Waals surface area contributed by atoms with Gasteiger partial charge in [-0.25, -0.2) is 19.9 Å². The molecule has 0 fully saturated rings. The van der Waals surface area contributed by atoms with Crippen LogP contribution in [-0.4, -0.2) is 138 Å². The van der Waals surface area contributed by atoms with Crippen molar-refractivity contribution in [3.8, 4) is 17.6 Å². The number of nitrogens with zero attached hydrogens (tertiary/aromatic N) is 9. The van der Waals surface area contributed by atoms with E-state index >= 15 is 0 Å². The van der Waals surface area contributed by atoms with Gasteiger partial charge in [-0.2, -0.15) is 15.3 Å². The van der Waals surface area contributed by atoms with Gasteiger partial charge in [0.1, 0.15) is 17.4 Å². The summed E-state index contributed by atoms with van der Waals surface area (Å²) in [6.45, 7) is 9.86. The summed E-state index contributed by atoms with van der Waals surface area (Å²) in [5, 5.41) is 36.8. The van der Waals surface area contributed by atoms with E-state index in [-0.39, 0.29) is 214 Å². The minimum absolute atomic E-state index is 0. The molecule has 28 heteroatoms. The Bertz CT molecular complexity index is 3240. The Hall–Kier alpha value is -5.00. The van der Waals surface area contributed by atoms with Crippen LogP contribution in [0.2, 0.25) is 0 Å². The van der Waals surface area contributed by atoms with Crippen molar-refractivity contribution in [3.05, 3.63) is 149 Å². The number of alkyl halides is 1. The van der Waals surface area contributed by atoms with E-state index in [9.17, 15) is 29.1 Å². The molecule has 1 aliphatic heterocycles. The number of aromatic amines is 1. The van der Waals surface area contributed by atoms with Gasteiger partial charge in [0.15, 0.2) is 0 Å². The third-order valence-electron chi connectivity index (χ3n) is 14.0. The second kappa shape index (κ2) is 51.3. The number of carboxylic acids is 1. The molecule has 7 aromatic rings. The van der Waals surface area contributed by atoms with Crippen molar-refractivity contribution < 1.29 is 207 Å². The van der Waals surface area contributed by atoms with Crippen LogP contribution in [0.5, 0.6) is 17.6 Å². The van der Waals surface area contributed by atoms with E-state index in [0.29, 0.717) is 49.6 Å². The van der Waals surface area contributed by atoms with Gasteiger partial charge in [-0.1, -0.05) is 31.7 Å². The van der Waals surface area contributed by atoms with Crippen molar-refractivity contribution in [2.75, 3.05) is 52.3 Å². The van der Waals surface area contributed by atoms with Crippen molar-refractivity contribution in [2.45, 2.75) is 156 Å². The number of methoxy groups -OCH3 is 3. The second-order valence-corrected chi connectivity index (χ2v) is 21.2. The number of ketones is 2. The summed E-state index contributed by atoms with van der Waals surface area (Å²) in [6.07, 6.45) is 26.6. The van der Waals surface area contributed by atoms with Crippen molar-refractivity contribution >= 4 is 53.4 Å². The van der Waals surface area contributed by atoms with Crippen LogP contribution in [0.3, 0.4) is 0 Å². The maximum Gasteiger partial charge on any atom is 1.00 e. The Kier molecular flexibility index (Phi) is 47.4. The topological polar surface area (TPSA) is 329 Å². The molecule has 0 bridgehead atoms. The van der Waals surface area contributed by atoms with Gasteiger partial charge in [0.05, 0.1) is 72.4 Å². The van der Waals surface area contributed by atoms with E-state index < -0.39 is 5.97 Å². The number of rotatable bonds is 32. The molecule has 25 nitrogen and oxygen atoms in total. The third kappa shape index (κ3) is 33.8. The number of hydrogen-bond acceptors (Lipinski definition) is 21. The van der Waals surface area contributed by atoms with Crippen molar-refractivity contribution in [1.82, 2.24) is 49.7 Å². The normalized spacial score (nSPS) is 11.6. The Balaban J connectivity index is 0.00000128. The monoisotopic (exact) mass is 1560 g/mol. The molecule has 8 heterocycles. The number of carbonyl (C=O) groups excluding carboxylic acids is 5. The summed E-state index contributed by atoms with van der Waals surface area (Å²) in [4.78, 5) is 85.2. The van der Waals surface area contributed by atoms with Gasteiger partial charge >= 0.3 is 156 Å². The van der Waals surface area contributed by atoms with Crippen LogP contribution in [0.25, 0.3) is 0 Å². The number of esters is 2. The number of ether oxygens (including phenoxy) is 5. The first-order valence-electron chi connectivity index (χ1n) is 30.1. The summed E-state index contributed by atoms with van der Waals surface area (Å²) in [5.74, 6) is 1.77. The third-order valence-corrected chi connectivity index (χ3v) is 14.3. The number of pyridine rings is 4. The molecule has 0 amide bonds.